The van der Waals surface area contributed by atoms with Crippen LogP contribution in [0.25, 0.3) is 0 Å². The Balaban J connectivity index is 2.46. The smallest absolute Gasteiger partial charge is 0.404 e. The van der Waals surface area contributed by atoms with Gasteiger partial charge in [-0.25, -0.2) is 4.79 Å². The molecule has 0 aromatic heterocycles. The molecule has 1 fully saturated rings. The zero-order valence-electron chi connectivity index (χ0n) is 7.71. The first-order chi connectivity index (χ1) is 6.04. The van der Waals surface area contributed by atoms with Gasteiger partial charge in [-0.2, -0.15) is 0 Å². The molecular weight excluding hydrogens is 172 g/mol. The average Bonchev–Trinajstić information content (AvgIpc) is 2.07. The van der Waals surface area contributed by atoms with Crippen LogP contribution in [0.3, 0.4) is 0 Å². The molecule has 0 radical (unpaired) electrons. The van der Waals surface area contributed by atoms with E-state index in [9.17, 15) is 9.90 Å². The number of nitrogens with one attached hydrogen (secondary N) is 2. The minimum atomic E-state index is -1.04. The molecule has 1 amide bonds. The summed E-state index contributed by atoms with van der Waals surface area (Å²) >= 11 is 0. The molecule has 5 heteroatoms. The van der Waals surface area contributed by atoms with Crippen molar-refractivity contribution in [2.75, 3.05) is 19.6 Å². The molecule has 76 valence electrons. The molecule has 0 saturated carbocycles. The highest BCUT2D eigenvalue weighted by molar-refractivity contribution is 5.64. The fourth-order valence-electron chi connectivity index (χ4n) is 1.51. The minimum absolute atomic E-state index is 0.311. The molecule has 0 bridgehead atoms. The lowest BCUT2D eigenvalue weighted by atomic mass is 9.78. The SMILES string of the molecule is CC1(CNC(=O)O)CCNCC1O. The van der Waals surface area contributed by atoms with Gasteiger partial charge in [0.25, 0.3) is 0 Å². The summed E-state index contributed by atoms with van der Waals surface area (Å²) in [4.78, 5) is 10.3. The Morgan fingerprint density at radius 2 is 2.46 bits per heavy atom. The third-order valence-electron chi connectivity index (χ3n) is 2.66. The molecule has 0 aliphatic carbocycles. The number of hydrogen-bond donors (Lipinski definition) is 4. The highest BCUT2D eigenvalue weighted by Gasteiger charge is 2.35. The molecule has 0 aromatic rings. The van der Waals surface area contributed by atoms with Crippen molar-refractivity contribution in [1.82, 2.24) is 10.6 Å². The van der Waals surface area contributed by atoms with Crippen LogP contribution in [-0.2, 0) is 0 Å². The molecule has 5 nitrogen and oxygen atoms in total. The Morgan fingerprint density at radius 1 is 1.77 bits per heavy atom. The van der Waals surface area contributed by atoms with Crippen LogP contribution in [0.4, 0.5) is 4.79 Å². The maximum absolute atomic E-state index is 10.3. The lowest BCUT2D eigenvalue weighted by Crippen LogP contribution is -2.52. The van der Waals surface area contributed by atoms with Gasteiger partial charge in [0.2, 0.25) is 0 Å². The van der Waals surface area contributed by atoms with Gasteiger partial charge in [-0.1, -0.05) is 6.92 Å². The summed E-state index contributed by atoms with van der Waals surface area (Å²) in [7, 11) is 0. The predicted octanol–water partition coefficient (Wildman–Crippen LogP) is -0.385. The van der Waals surface area contributed by atoms with Crippen LogP contribution in [-0.4, -0.2) is 42.0 Å². The summed E-state index contributed by atoms with van der Waals surface area (Å²) in [5.41, 5.74) is -0.330. The van der Waals surface area contributed by atoms with Crippen molar-refractivity contribution in [3.05, 3.63) is 0 Å². The number of amides is 1. The zero-order chi connectivity index (χ0) is 9.90. The van der Waals surface area contributed by atoms with Gasteiger partial charge in [-0.15, -0.1) is 0 Å². The van der Waals surface area contributed by atoms with E-state index in [0.717, 1.165) is 13.0 Å². The van der Waals surface area contributed by atoms with Crippen molar-refractivity contribution < 1.29 is 15.0 Å². The van der Waals surface area contributed by atoms with Crippen molar-refractivity contribution in [3.8, 4) is 0 Å². The highest BCUT2D eigenvalue weighted by atomic mass is 16.4. The van der Waals surface area contributed by atoms with Gasteiger partial charge in [0.1, 0.15) is 0 Å². The van der Waals surface area contributed by atoms with Gasteiger partial charge in [-0.3, -0.25) is 0 Å². The second-order valence-corrected chi connectivity index (χ2v) is 3.78. The largest absolute Gasteiger partial charge is 0.465 e. The number of rotatable bonds is 2. The topological polar surface area (TPSA) is 81.6 Å². The predicted molar refractivity (Wildman–Crippen MR) is 47.6 cm³/mol. The molecule has 1 aliphatic rings. The monoisotopic (exact) mass is 188 g/mol. The molecule has 0 spiro atoms. The van der Waals surface area contributed by atoms with E-state index >= 15 is 0 Å². The van der Waals surface area contributed by atoms with Gasteiger partial charge >= 0.3 is 6.09 Å². The Bertz CT molecular complexity index is 198. The number of hydrogen-bond acceptors (Lipinski definition) is 3. The van der Waals surface area contributed by atoms with Crippen LogP contribution < -0.4 is 10.6 Å². The minimum Gasteiger partial charge on any atom is -0.465 e. The second kappa shape index (κ2) is 3.93. The quantitative estimate of drug-likeness (QED) is 0.476. The Hall–Kier alpha value is -0.810. The summed E-state index contributed by atoms with van der Waals surface area (Å²) in [5.74, 6) is 0. The van der Waals surface area contributed by atoms with Crippen LogP contribution in [0.5, 0.6) is 0 Å². The first-order valence-corrected chi connectivity index (χ1v) is 4.40. The molecule has 2 atom stereocenters. The summed E-state index contributed by atoms with van der Waals surface area (Å²) < 4.78 is 0. The zero-order valence-corrected chi connectivity index (χ0v) is 7.71. The molecule has 4 N–H and O–H groups in total. The van der Waals surface area contributed by atoms with Crippen molar-refractivity contribution in [3.63, 3.8) is 0 Å². The molecule has 1 aliphatic heterocycles. The lowest BCUT2D eigenvalue weighted by molar-refractivity contribution is 0.0131. The Labute approximate surface area is 77.1 Å². The van der Waals surface area contributed by atoms with E-state index in [2.05, 4.69) is 10.6 Å². The molecule has 1 saturated heterocycles. The third-order valence-corrected chi connectivity index (χ3v) is 2.66. The maximum Gasteiger partial charge on any atom is 0.404 e. The van der Waals surface area contributed by atoms with Crippen LogP contribution in [0.1, 0.15) is 13.3 Å². The number of β-amino-alcohol motifs (C(OH)–C–C–N with tert-alkyl or cyclic N) is 1. The number of carboxylic acid groups (broad SMARTS) is 1. The molecule has 13 heavy (non-hydrogen) atoms. The van der Waals surface area contributed by atoms with Gasteiger partial charge < -0.3 is 20.8 Å². The van der Waals surface area contributed by atoms with Crippen molar-refractivity contribution in [2.24, 2.45) is 5.41 Å². The van der Waals surface area contributed by atoms with Crippen LogP contribution in [0.2, 0.25) is 0 Å². The molecule has 0 aromatic carbocycles. The van der Waals surface area contributed by atoms with E-state index in [1.165, 1.54) is 0 Å². The maximum atomic E-state index is 10.3. The summed E-state index contributed by atoms with van der Waals surface area (Å²) in [6.07, 6.45) is -0.728. The molecular formula is C8H16N2O3. The second-order valence-electron chi connectivity index (χ2n) is 3.78. The lowest BCUT2D eigenvalue weighted by Gasteiger charge is -2.38. The molecule has 2 unspecified atom stereocenters. The molecule has 1 rings (SSSR count). The summed E-state index contributed by atoms with van der Waals surface area (Å²) in [6, 6.07) is 0. The van der Waals surface area contributed by atoms with Crippen LogP contribution in [0, 0.1) is 5.41 Å². The van der Waals surface area contributed by atoms with Gasteiger partial charge in [-0.05, 0) is 13.0 Å². The fourth-order valence-corrected chi connectivity index (χ4v) is 1.51. The van der Waals surface area contributed by atoms with Gasteiger partial charge in [0.05, 0.1) is 6.10 Å². The highest BCUT2D eigenvalue weighted by Crippen LogP contribution is 2.27. The Kier molecular flexibility index (Phi) is 3.11. The standard InChI is InChI=1S/C8H16N2O3/c1-8(5-10-7(12)13)2-3-9-4-6(8)11/h6,9-11H,2-5H2,1H3,(H,12,13). The summed E-state index contributed by atoms with van der Waals surface area (Å²) in [5, 5.41) is 23.4. The normalized spacial score (nSPS) is 34.2. The third kappa shape index (κ3) is 2.57. The number of aliphatic hydroxyl groups excluding tert-OH is 1. The van der Waals surface area contributed by atoms with E-state index < -0.39 is 12.2 Å². The van der Waals surface area contributed by atoms with Crippen LogP contribution in [0.15, 0.2) is 0 Å². The van der Waals surface area contributed by atoms with E-state index in [1.54, 1.807) is 0 Å². The number of aliphatic hydroxyl groups is 1. The first-order valence-electron chi connectivity index (χ1n) is 4.40. The van der Waals surface area contributed by atoms with E-state index in [-0.39, 0.29) is 5.41 Å². The van der Waals surface area contributed by atoms with E-state index in [1.807, 2.05) is 6.92 Å². The van der Waals surface area contributed by atoms with E-state index in [4.69, 9.17) is 5.11 Å². The fraction of sp³-hybridized carbons (Fsp3) is 0.875. The summed E-state index contributed by atoms with van der Waals surface area (Å²) in [6.45, 7) is 3.58. The van der Waals surface area contributed by atoms with E-state index in [0.29, 0.717) is 13.1 Å². The van der Waals surface area contributed by atoms with Crippen LogP contribution >= 0.6 is 0 Å². The average molecular weight is 188 g/mol. The number of carbonyl (C=O) groups is 1. The van der Waals surface area contributed by atoms with Gasteiger partial charge in [0, 0.05) is 18.5 Å². The van der Waals surface area contributed by atoms with Crippen molar-refractivity contribution >= 4 is 6.09 Å². The van der Waals surface area contributed by atoms with Gasteiger partial charge in [0.15, 0.2) is 0 Å². The van der Waals surface area contributed by atoms with Crippen molar-refractivity contribution in [2.45, 2.75) is 19.4 Å². The number of piperidine rings is 1. The molecule has 1 heterocycles. The Morgan fingerprint density at radius 3 is 3.00 bits per heavy atom. The first kappa shape index (κ1) is 10.3. The van der Waals surface area contributed by atoms with Crippen molar-refractivity contribution in [1.29, 1.82) is 0 Å².